The molecular formula is C9H7ClF2O. The van der Waals surface area contributed by atoms with Gasteiger partial charge in [-0.15, -0.1) is 0 Å². The summed E-state index contributed by atoms with van der Waals surface area (Å²) in [7, 11) is 0. The Morgan fingerprint density at radius 3 is 2.85 bits per heavy atom. The van der Waals surface area contributed by atoms with Crippen LogP contribution in [0.4, 0.5) is 8.78 Å². The number of hydrogen-bond donors (Lipinski definition) is 0. The third kappa shape index (κ3) is 1.37. The maximum Gasteiger partial charge on any atom is 0.281 e. The molecule has 0 unspecified atom stereocenters. The lowest BCUT2D eigenvalue weighted by Gasteiger charge is -2.26. The highest BCUT2D eigenvalue weighted by atomic mass is 35.5. The summed E-state index contributed by atoms with van der Waals surface area (Å²) >= 11 is 5.67. The highest BCUT2D eigenvalue weighted by Crippen LogP contribution is 2.44. The van der Waals surface area contributed by atoms with E-state index in [-0.39, 0.29) is 29.4 Å². The van der Waals surface area contributed by atoms with Gasteiger partial charge in [-0.1, -0.05) is 17.7 Å². The van der Waals surface area contributed by atoms with Crippen molar-refractivity contribution in [2.75, 3.05) is 6.61 Å². The van der Waals surface area contributed by atoms with E-state index in [9.17, 15) is 8.78 Å². The molecule has 1 nitrogen and oxygen atoms in total. The quantitative estimate of drug-likeness (QED) is 0.631. The fraction of sp³-hybridized carbons (Fsp3) is 0.333. The van der Waals surface area contributed by atoms with Crippen LogP contribution < -0.4 is 4.74 Å². The van der Waals surface area contributed by atoms with Crippen molar-refractivity contribution in [1.82, 2.24) is 0 Å². The molecule has 0 fully saturated rings. The van der Waals surface area contributed by atoms with Crippen molar-refractivity contribution in [3.8, 4) is 5.75 Å². The summed E-state index contributed by atoms with van der Waals surface area (Å²) in [4.78, 5) is 0. The summed E-state index contributed by atoms with van der Waals surface area (Å²) in [5, 5.41) is 0.0715. The minimum Gasteiger partial charge on any atom is -0.493 e. The minimum absolute atomic E-state index is 0.0420. The Balaban J connectivity index is 2.61. The summed E-state index contributed by atoms with van der Waals surface area (Å²) in [5.41, 5.74) is -0.178. The van der Waals surface area contributed by atoms with Crippen LogP contribution in [-0.2, 0) is 5.92 Å². The van der Waals surface area contributed by atoms with Gasteiger partial charge in [0.1, 0.15) is 5.75 Å². The fourth-order valence-electron chi connectivity index (χ4n) is 1.39. The lowest BCUT2D eigenvalue weighted by Crippen LogP contribution is -2.24. The average molecular weight is 205 g/mol. The zero-order chi connectivity index (χ0) is 9.47. The number of ether oxygens (including phenoxy) is 1. The predicted octanol–water partition coefficient (Wildman–Crippen LogP) is 3.21. The number of fused-ring (bicyclic) bond motifs is 1. The van der Waals surface area contributed by atoms with Gasteiger partial charge in [-0.2, -0.15) is 0 Å². The Morgan fingerprint density at radius 2 is 2.15 bits per heavy atom. The smallest absolute Gasteiger partial charge is 0.281 e. The van der Waals surface area contributed by atoms with Crippen molar-refractivity contribution >= 4 is 11.6 Å². The first-order valence-electron chi connectivity index (χ1n) is 3.91. The number of halogens is 3. The third-order valence-electron chi connectivity index (χ3n) is 2.01. The van der Waals surface area contributed by atoms with Crippen LogP contribution in [0.3, 0.4) is 0 Å². The highest BCUT2D eigenvalue weighted by molar-refractivity contribution is 6.31. The van der Waals surface area contributed by atoms with Crippen molar-refractivity contribution in [3.05, 3.63) is 28.8 Å². The van der Waals surface area contributed by atoms with Crippen LogP contribution in [0, 0.1) is 0 Å². The minimum atomic E-state index is -2.86. The van der Waals surface area contributed by atoms with E-state index in [1.54, 1.807) is 6.07 Å². The van der Waals surface area contributed by atoms with Gasteiger partial charge < -0.3 is 4.74 Å². The van der Waals surface area contributed by atoms with E-state index in [1.807, 2.05) is 0 Å². The molecule has 70 valence electrons. The Labute approximate surface area is 79.3 Å². The van der Waals surface area contributed by atoms with E-state index in [0.717, 1.165) is 0 Å². The topological polar surface area (TPSA) is 9.23 Å². The maximum atomic E-state index is 13.3. The predicted molar refractivity (Wildman–Crippen MR) is 45.5 cm³/mol. The van der Waals surface area contributed by atoms with Crippen LogP contribution in [-0.4, -0.2) is 6.61 Å². The van der Waals surface area contributed by atoms with Gasteiger partial charge in [0.2, 0.25) is 0 Å². The van der Waals surface area contributed by atoms with Crippen molar-refractivity contribution in [3.63, 3.8) is 0 Å². The molecule has 0 radical (unpaired) electrons. The van der Waals surface area contributed by atoms with E-state index in [1.165, 1.54) is 12.1 Å². The van der Waals surface area contributed by atoms with Crippen molar-refractivity contribution in [2.24, 2.45) is 0 Å². The molecule has 0 atom stereocenters. The summed E-state index contributed by atoms with van der Waals surface area (Å²) in [6.45, 7) is 0.0420. The normalized spacial score (nSPS) is 19.0. The van der Waals surface area contributed by atoms with Crippen LogP contribution in [0.1, 0.15) is 12.0 Å². The molecule has 0 N–H and O–H groups in total. The van der Waals surface area contributed by atoms with Gasteiger partial charge in [-0.25, -0.2) is 8.78 Å². The molecule has 0 saturated heterocycles. The van der Waals surface area contributed by atoms with Crippen LogP contribution in [0.5, 0.6) is 5.75 Å². The van der Waals surface area contributed by atoms with E-state index < -0.39 is 5.92 Å². The number of alkyl halides is 2. The lowest BCUT2D eigenvalue weighted by atomic mass is 10.0. The van der Waals surface area contributed by atoms with Crippen LogP contribution >= 0.6 is 11.6 Å². The molecule has 1 aromatic carbocycles. The van der Waals surface area contributed by atoms with Gasteiger partial charge in [0.25, 0.3) is 5.92 Å². The zero-order valence-corrected chi connectivity index (χ0v) is 7.44. The zero-order valence-electron chi connectivity index (χ0n) is 6.69. The molecule has 1 heterocycles. The molecule has 0 aromatic heterocycles. The first kappa shape index (κ1) is 8.75. The van der Waals surface area contributed by atoms with Gasteiger partial charge in [0.05, 0.1) is 23.6 Å². The monoisotopic (exact) mass is 204 g/mol. The summed E-state index contributed by atoms with van der Waals surface area (Å²) in [6.07, 6.45) is -0.302. The van der Waals surface area contributed by atoms with Gasteiger partial charge in [-0.3, -0.25) is 0 Å². The second-order valence-electron chi connectivity index (χ2n) is 2.92. The molecule has 2 rings (SSSR count). The molecule has 0 saturated carbocycles. The summed E-state index contributed by atoms with van der Waals surface area (Å²) in [5.74, 6) is -2.66. The Bertz CT molecular complexity index is 338. The van der Waals surface area contributed by atoms with Crippen LogP contribution in [0.2, 0.25) is 5.02 Å². The first-order chi connectivity index (χ1) is 6.11. The van der Waals surface area contributed by atoms with E-state index in [4.69, 9.17) is 16.3 Å². The van der Waals surface area contributed by atoms with Gasteiger partial charge in [0, 0.05) is 0 Å². The molecule has 0 bridgehead atoms. The summed E-state index contributed by atoms with van der Waals surface area (Å²) in [6, 6.07) is 4.56. The number of hydrogen-bond acceptors (Lipinski definition) is 1. The second-order valence-corrected chi connectivity index (χ2v) is 3.32. The summed E-state index contributed by atoms with van der Waals surface area (Å²) < 4.78 is 31.7. The number of rotatable bonds is 0. The average Bonchev–Trinajstić information content (AvgIpc) is 2.02. The standard InChI is InChI=1S/C9H7ClF2O/c10-6-2-1-3-7-8(6)9(11,12)4-5-13-7/h1-3H,4-5H2. The van der Waals surface area contributed by atoms with Crippen molar-refractivity contribution in [1.29, 1.82) is 0 Å². The first-order valence-corrected chi connectivity index (χ1v) is 4.29. The van der Waals surface area contributed by atoms with Gasteiger partial charge in [-0.05, 0) is 12.1 Å². The van der Waals surface area contributed by atoms with E-state index in [0.29, 0.717) is 0 Å². The van der Waals surface area contributed by atoms with Gasteiger partial charge >= 0.3 is 0 Å². The molecule has 0 aliphatic carbocycles. The third-order valence-corrected chi connectivity index (χ3v) is 2.33. The molecule has 1 aromatic rings. The Hall–Kier alpha value is -0.830. The molecule has 1 aliphatic rings. The molecule has 13 heavy (non-hydrogen) atoms. The van der Waals surface area contributed by atoms with Crippen LogP contribution in [0.15, 0.2) is 18.2 Å². The Morgan fingerprint density at radius 1 is 1.38 bits per heavy atom. The van der Waals surface area contributed by atoms with Crippen molar-refractivity contribution < 1.29 is 13.5 Å². The fourth-order valence-corrected chi connectivity index (χ4v) is 1.70. The lowest BCUT2D eigenvalue weighted by molar-refractivity contribution is -0.0403. The largest absolute Gasteiger partial charge is 0.493 e. The van der Waals surface area contributed by atoms with E-state index >= 15 is 0 Å². The molecular weight excluding hydrogens is 198 g/mol. The van der Waals surface area contributed by atoms with E-state index in [2.05, 4.69) is 0 Å². The molecule has 4 heteroatoms. The molecule has 1 aliphatic heterocycles. The highest BCUT2D eigenvalue weighted by Gasteiger charge is 2.39. The maximum absolute atomic E-state index is 13.3. The number of benzene rings is 1. The Kier molecular flexibility index (Phi) is 1.91. The second kappa shape index (κ2) is 2.84. The van der Waals surface area contributed by atoms with Crippen molar-refractivity contribution in [2.45, 2.75) is 12.3 Å². The van der Waals surface area contributed by atoms with Crippen LogP contribution in [0.25, 0.3) is 0 Å². The SMILES string of the molecule is FC1(F)CCOc2cccc(Cl)c21. The van der Waals surface area contributed by atoms with Gasteiger partial charge in [0.15, 0.2) is 0 Å². The molecule has 0 amide bonds. The molecule has 0 spiro atoms.